The van der Waals surface area contributed by atoms with Gasteiger partial charge in [-0.3, -0.25) is 4.99 Å². The number of thiophene rings is 1. The summed E-state index contributed by atoms with van der Waals surface area (Å²) in [6.45, 7) is 4.84. The average Bonchev–Trinajstić information content (AvgIpc) is 3.10. The van der Waals surface area contributed by atoms with E-state index in [9.17, 15) is 0 Å². The molecule has 0 radical (unpaired) electrons. The first kappa shape index (κ1) is 18.5. The zero-order valence-corrected chi connectivity index (χ0v) is 15.9. The van der Waals surface area contributed by atoms with Crippen LogP contribution in [-0.4, -0.2) is 38.5 Å². The second-order valence-electron chi connectivity index (χ2n) is 6.32. The maximum absolute atomic E-state index is 4.30. The SMILES string of the molecule is CN=C(NCc1ccc(CN(C)C)cc1)NCC(C)c1ccsc1. The van der Waals surface area contributed by atoms with Crippen LogP contribution < -0.4 is 10.6 Å². The van der Waals surface area contributed by atoms with E-state index in [0.29, 0.717) is 5.92 Å². The molecule has 1 unspecified atom stereocenters. The molecule has 0 amide bonds. The minimum Gasteiger partial charge on any atom is -0.356 e. The lowest BCUT2D eigenvalue weighted by molar-refractivity contribution is 0.402. The maximum atomic E-state index is 4.30. The van der Waals surface area contributed by atoms with Crippen molar-refractivity contribution in [2.24, 2.45) is 4.99 Å². The van der Waals surface area contributed by atoms with Gasteiger partial charge in [-0.05, 0) is 53.5 Å². The topological polar surface area (TPSA) is 39.7 Å². The molecule has 1 heterocycles. The first-order valence-electron chi connectivity index (χ1n) is 8.27. The Labute approximate surface area is 149 Å². The number of hydrogen-bond donors (Lipinski definition) is 2. The summed E-state index contributed by atoms with van der Waals surface area (Å²) in [7, 11) is 5.98. The summed E-state index contributed by atoms with van der Waals surface area (Å²) in [4.78, 5) is 6.48. The fourth-order valence-electron chi connectivity index (χ4n) is 2.46. The number of guanidine groups is 1. The molecule has 130 valence electrons. The minimum absolute atomic E-state index is 0.472. The van der Waals surface area contributed by atoms with Gasteiger partial charge in [0.2, 0.25) is 0 Å². The summed E-state index contributed by atoms with van der Waals surface area (Å²) in [5.41, 5.74) is 3.96. The highest BCUT2D eigenvalue weighted by Gasteiger charge is 2.07. The zero-order valence-electron chi connectivity index (χ0n) is 15.0. The summed E-state index contributed by atoms with van der Waals surface area (Å²) >= 11 is 1.74. The van der Waals surface area contributed by atoms with Gasteiger partial charge < -0.3 is 15.5 Å². The van der Waals surface area contributed by atoms with E-state index in [-0.39, 0.29) is 0 Å². The summed E-state index contributed by atoms with van der Waals surface area (Å²) in [5, 5.41) is 11.1. The van der Waals surface area contributed by atoms with Crippen LogP contribution in [0.3, 0.4) is 0 Å². The van der Waals surface area contributed by atoms with E-state index in [1.807, 2.05) is 7.05 Å². The van der Waals surface area contributed by atoms with Crippen LogP contribution in [0.4, 0.5) is 0 Å². The van der Waals surface area contributed by atoms with Crippen molar-refractivity contribution < 1.29 is 0 Å². The second kappa shape index (κ2) is 9.45. The lowest BCUT2D eigenvalue weighted by atomic mass is 10.1. The highest BCUT2D eigenvalue weighted by molar-refractivity contribution is 7.07. The summed E-state index contributed by atoms with van der Waals surface area (Å²) in [5.74, 6) is 1.31. The molecule has 0 spiro atoms. The summed E-state index contributed by atoms with van der Waals surface area (Å²) in [6, 6.07) is 10.9. The molecule has 4 nitrogen and oxygen atoms in total. The molecule has 0 aliphatic rings. The fourth-order valence-corrected chi connectivity index (χ4v) is 3.24. The molecule has 2 rings (SSSR count). The van der Waals surface area contributed by atoms with Gasteiger partial charge in [-0.2, -0.15) is 11.3 Å². The second-order valence-corrected chi connectivity index (χ2v) is 7.10. The van der Waals surface area contributed by atoms with E-state index >= 15 is 0 Å². The number of aliphatic imine (C=N–C) groups is 1. The van der Waals surface area contributed by atoms with Crippen LogP contribution >= 0.6 is 11.3 Å². The Balaban J connectivity index is 1.79. The smallest absolute Gasteiger partial charge is 0.191 e. The molecule has 1 aromatic heterocycles. The van der Waals surface area contributed by atoms with Crippen LogP contribution in [0.25, 0.3) is 0 Å². The number of nitrogens with zero attached hydrogens (tertiary/aromatic N) is 2. The molecule has 1 aromatic carbocycles. The highest BCUT2D eigenvalue weighted by Crippen LogP contribution is 2.16. The molecule has 0 bridgehead atoms. The molecule has 0 saturated carbocycles. The van der Waals surface area contributed by atoms with E-state index < -0.39 is 0 Å². The standard InChI is InChI=1S/C19H28N4S/c1-15(18-9-10-24-14-18)11-21-19(20-2)22-12-16-5-7-17(8-6-16)13-23(3)4/h5-10,14-15H,11-13H2,1-4H3,(H2,20,21,22). The van der Waals surface area contributed by atoms with Crippen molar-refractivity contribution in [2.45, 2.75) is 25.9 Å². The predicted octanol–water partition coefficient (Wildman–Crippen LogP) is 3.28. The first-order chi connectivity index (χ1) is 11.6. The maximum Gasteiger partial charge on any atom is 0.191 e. The molecule has 0 saturated heterocycles. The van der Waals surface area contributed by atoms with Crippen LogP contribution in [0.5, 0.6) is 0 Å². The van der Waals surface area contributed by atoms with E-state index in [1.165, 1.54) is 16.7 Å². The fraction of sp³-hybridized carbons (Fsp3) is 0.421. The van der Waals surface area contributed by atoms with Crippen LogP contribution in [-0.2, 0) is 13.1 Å². The van der Waals surface area contributed by atoms with Crippen molar-refractivity contribution in [2.75, 3.05) is 27.7 Å². The van der Waals surface area contributed by atoms with Crippen LogP contribution in [0.1, 0.15) is 29.5 Å². The van der Waals surface area contributed by atoms with Crippen molar-refractivity contribution in [1.82, 2.24) is 15.5 Å². The van der Waals surface area contributed by atoms with E-state index in [4.69, 9.17) is 0 Å². The van der Waals surface area contributed by atoms with Gasteiger partial charge >= 0.3 is 0 Å². The van der Waals surface area contributed by atoms with Crippen molar-refractivity contribution >= 4 is 17.3 Å². The minimum atomic E-state index is 0.472. The van der Waals surface area contributed by atoms with Gasteiger partial charge in [-0.1, -0.05) is 31.2 Å². The van der Waals surface area contributed by atoms with E-state index in [2.05, 4.69) is 82.6 Å². The molecule has 2 aromatic rings. The van der Waals surface area contributed by atoms with Gasteiger partial charge in [-0.25, -0.2) is 0 Å². The Hall–Kier alpha value is -1.85. The molecule has 0 fully saturated rings. The van der Waals surface area contributed by atoms with Crippen LogP contribution in [0, 0.1) is 0 Å². The van der Waals surface area contributed by atoms with Crippen molar-refractivity contribution in [1.29, 1.82) is 0 Å². The highest BCUT2D eigenvalue weighted by atomic mass is 32.1. The quantitative estimate of drug-likeness (QED) is 0.598. The number of rotatable bonds is 7. The molecular formula is C19H28N4S. The average molecular weight is 345 g/mol. The third kappa shape index (κ3) is 5.98. The lowest BCUT2D eigenvalue weighted by Crippen LogP contribution is -2.38. The molecule has 1 atom stereocenters. The van der Waals surface area contributed by atoms with Crippen molar-refractivity contribution in [3.63, 3.8) is 0 Å². The number of benzene rings is 1. The number of hydrogen-bond acceptors (Lipinski definition) is 3. The van der Waals surface area contributed by atoms with Gasteiger partial charge in [-0.15, -0.1) is 0 Å². The van der Waals surface area contributed by atoms with Crippen molar-refractivity contribution in [3.8, 4) is 0 Å². The van der Waals surface area contributed by atoms with E-state index in [1.54, 1.807) is 11.3 Å². The van der Waals surface area contributed by atoms with Gasteiger partial charge in [0.25, 0.3) is 0 Å². The molecule has 0 aliphatic carbocycles. The Kier molecular flexibility index (Phi) is 7.28. The van der Waals surface area contributed by atoms with Gasteiger partial charge in [0.1, 0.15) is 0 Å². The Morgan fingerprint density at radius 3 is 2.42 bits per heavy atom. The Morgan fingerprint density at radius 1 is 1.12 bits per heavy atom. The third-order valence-electron chi connectivity index (χ3n) is 3.89. The van der Waals surface area contributed by atoms with Gasteiger partial charge in [0, 0.05) is 26.7 Å². The lowest BCUT2D eigenvalue weighted by Gasteiger charge is -2.16. The molecule has 2 N–H and O–H groups in total. The molecule has 0 aliphatic heterocycles. The third-order valence-corrected chi connectivity index (χ3v) is 4.59. The normalized spacial score (nSPS) is 13.1. The Morgan fingerprint density at radius 2 is 1.83 bits per heavy atom. The van der Waals surface area contributed by atoms with E-state index in [0.717, 1.165) is 25.6 Å². The number of nitrogens with one attached hydrogen (secondary N) is 2. The summed E-state index contributed by atoms with van der Waals surface area (Å²) in [6.07, 6.45) is 0. The van der Waals surface area contributed by atoms with Crippen molar-refractivity contribution in [3.05, 3.63) is 57.8 Å². The largest absolute Gasteiger partial charge is 0.356 e. The monoisotopic (exact) mass is 344 g/mol. The van der Waals surface area contributed by atoms with Gasteiger partial charge in [0.15, 0.2) is 5.96 Å². The zero-order chi connectivity index (χ0) is 17.4. The molecule has 24 heavy (non-hydrogen) atoms. The Bertz CT molecular complexity index is 617. The van der Waals surface area contributed by atoms with Gasteiger partial charge in [0.05, 0.1) is 0 Å². The summed E-state index contributed by atoms with van der Waals surface area (Å²) < 4.78 is 0. The van der Waals surface area contributed by atoms with Crippen LogP contribution in [0.15, 0.2) is 46.1 Å². The predicted molar refractivity (Wildman–Crippen MR) is 105 cm³/mol. The molecule has 5 heteroatoms. The van der Waals surface area contributed by atoms with Crippen LogP contribution in [0.2, 0.25) is 0 Å². The first-order valence-corrected chi connectivity index (χ1v) is 9.22. The molecular weight excluding hydrogens is 316 g/mol.